The van der Waals surface area contributed by atoms with E-state index in [1.165, 1.54) is 17.3 Å². The van der Waals surface area contributed by atoms with E-state index in [9.17, 15) is 4.79 Å². The lowest BCUT2D eigenvalue weighted by Gasteiger charge is -2.34. The Kier molecular flexibility index (Phi) is 6.51. The highest BCUT2D eigenvalue weighted by Crippen LogP contribution is 2.25. The fourth-order valence-electron chi connectivity index (χ4n) is 3.27. The number of carbonyl (C=O) groups is 1. The normalized spacial score (nSPS) is 15.2. The van der Waals surface area contributed by atoms with Crippen LogP contribution in [0.2, 0.25) is 15.1 Å². The van der Waals surface area contributed by atoms with Gasteiger partial charge in [-0.3, -0.25) is 14.1 Å². The molecule has 10 heteroatoms. The number of amides is 1. The summed E-state index contributed by atoms with van der Waals surface area (Å²) >= 11 is 19.6. The number of piperazine rings is 1. The summed E-state index contributed by atoms with van der Waals surface area (Å²) in [6.07, 6.45) is 1.70. The number of hydrogen-bond donors (Lipinski definition) is 0. The number of nitrogens with zero attached hydrogens (tertiary/aromatic N) is 5. The topological polar surface area (TPSA) is 53.7 Å². The Hall–Kier alpha value is -1.51. The summed E-state index contributed by atoms with van der Waals surface area (Å²) in [4.78, 5) is 16.9. The molecule has 4 rings (SSSR count). The predicted molar refractivity (Wildman–Crippen MR) is 117 cm³/mol. The van der Waals surface area contributed by atoms with Gasteiger partial charge in [0.05, 0.1) is 15.8 Å². The van der Waals surface area contributed by atoms with Gasteiger partial charge >= 0.3 is 0 Å². The number of rotatable bonds is 5. The number of pyridine rings is 1. The van der Waals surface area contributed by atoms with Crippen LogP contribution in [0.4, 0.5) is 0 Å². The van der Waals surface area contributed by atoms with Crippen LogP contribution in [0, 0.1) is 0 Å². The molecule has 0 aliphatic carbocycles. The van der Waals surface area contributed by atoms with Gasteiger partial charge in [-0.15, -0.1) is 10.2 Å². The van der Waals surface area contributed by atoms with Crippen molar-refractivity contribution in [2.24, 2.45) is 0 Å². The van der Waals surface area contributed by atoms with E-state index in [0.29, 0.717) is 39.7 Å². The number of carbonyl (C=O) groups excluding carboxylic acids is 1. The summed E-state index contributed by atoms with van der Waals surface area (Å²) in [6, 6.07) is 9.51. The molecular formula is C19H18Cl3N5OS. The van der Waals surface area contributed by atoms with Crippen molar-refractivity contribution in [3.05, 3.63) is 57.2 Å². The highest BCUT2D eigenvalue weighted by atomic mass is 35.5. The number of thioether (sulfide) groups is 1. The van der Waals surface area contributed by atoms with E-state index in [1.54, 1.807) is 16.7 Å². The first kappa shape index (κ1) is 20.8. The van der Waals surface area contributed by atoms with Crippen molar-refractivity contribution >= 4 is 58.1 Å². The zero-order chi connectivity index (χ0) is 20.4. The number of fused-ring (bicyclic) bond motifs is 1. The SMILES string of the molecule is O=C(CSc1nnc2c(Cl)cc(Cl)cn12)N1CCN(Cc2cccc(Cl)c2)CC1. The summed E-state index contributed by atoms with van der Waals surface area (Å²) in [5.74, 6) is 0.376. The smallest absolute Gasteiger partial charge is 0.233 e. The zero-order valence-corrected chi connectivity index (χ0v) is 18.5. The second-order valence-corrected chi connectivity index (χ2v) is 8.98. The second kappa shape index (κ2) is 9.10. The molecule has 0 atom stereocenters. The van der Waals surface area contributed by atoms with E-state index in [1.807, 2.05) is 23.1 Å². The van der Waals surface area contributed by atoms with Crippen LogP contribution in [0.5, 0.6) is 0 Å². The summed E-state index contributed by atoms with van der Waals surface area (Å²) in [7, 11) is 0. The molecular weight excluding hydrogens is 453 g/mol. The van der Waals surface area contributed by atoms with Crippen molar-refractivity contribution in [1.82, 2.24) is 24.4 Å². The van der Waals surface area contributed by atoms with Gasteiger partial charge in [0.2, 0.25) is 5.91 Å². The molecule has 3 heterocycles. The second-order valence-electron chi connectivity index (χ2n) is 6.76. The Labute approximate surface area is 187 Å². The third-order valence-corrected chi connectivity index (χ3v) is 6.39. The zero-order valence-electron chi connectivity index (χ0n) is 15.4. The summed E-state index contributed by atoms with van der Waals surface area (Å²) < 4.78 is 1.71. The minimum atomic E-state index is 0.0854. The monoisotopic (exact) mass is 469 g/mol. The van der Waals surface area contributed by atoms with Crippen molar-refractivity contribution in [2.75, 3.05) is 31.9 Å². The Bertz CT molecular complexity index is 1040. The van der Waals surface area contributed by atoms with Crippen LogP contribution in [0.25, 0.3) is 5.65 Å². The minimum absolute atomic E-state index is 0.0854. The molecule has 1 aliphatic rings. The molecule has 0 unspecified atom stereocenters. The van der Waals surface area contributed by atoms with Crippen LogP contribution >= 0.6 is 46.6 Å². The molecule has 1 fully saturated rings. The van der Waals surface area contributed by atoms with Crippen molar-refractivity contribution in [3.8, 4) is 0 Å². The largest absolute Gasteiger partial charge is 0.339 e. The predicted octanol–water partition coefficient (Wildman–Crippen LogP) is 4.13. The lowest BCUT2D eigenvalue weighted by atomic mass is 10.2. The Morgan fingerprint density at radius 1 is 1.03 bits per heavy atom. The number of benzene rings is 1. The van der Waals surface area contributed by atoms with Gasteiger partial charge in [0.15, 0.2) is 10.8 Å². The van der Waals surface area contributed by atoms with Crippen molar-refractivity contribution < 1.29 is 4.79 Å². The van der Waals surface area contributed by atoms with Crippen LogP contribution < -0.4 is 0 Å². The number of aromatic nitrogens is 3. The molecule has 152 valence electrons. The van der Waals surface area contributed by atoms with Crippen molar-refractivity contribution in [1.29, 1.82) is 0 Å². The van der Waals surface area contributed by atoms with E-state index in [-0.39, 0.29) is 5.91 Å². The first-order valence-electron chi connectivity index (χ1n) is 9.07. The van der Waals surface area contributed by atoms with Crippen LogP contribution in [0.1, 0.15) is 5.56 Å². The Morgan fingerprint density at radius 3 is 2.59 bits per heavy atom. The maximum atomic E-state index is 12.6. The third kappa shape index (κ3) is 4.98. The van der Waals surface area contributed by atoms with Gasteiger partial charge in [-0.25, -0.2) is 0 Å². The molecule has 0 bridgehead atoms. The first-order valence-corrected chi connectivity index (χ1v) is 11.2. The van der Waals surface area contributed by atoms with Crippen LogP contribution in [-0.4, -0.2) is 62.2 Å². The van der Waals surface area contributed by atoms with Crippen LogP contribution in [0.3, 0.4) is 0 Å². The van der Waals surface area contributed by atoms with Gasteiger partial charge in [0.1, 0.15) is 0 Å². The minimum Gasteiger partial charge on any atom is -0.339 e. The Morgan fingerprint density at radius 2 is 1.83 bits per heavy atom. The van der Waals surface area contributed by atoms with Gasteiger partial charge in [-0.05, 0) is 23.8 Å². The molecule has 1 saturated heterocycles. The van der Waals surface area contributed by atoms with E-state index in [4.69, 9.17) is 34.8 Å². The number of hydrogen-bond acceptors (Lipinski definition) is 5. The van der Waals surface area contributed by atoms with E-state index >= 15 is 0 Å². The lowest BCUT2D eigenvalue weighted by Crippen LogP contribution is -2.48. The van der Waals surface area contributed by atoms with Crippen LogP contribution in [0.15, 0.2) is 41.7 Å². The average Bonchev–Trinajstić information content (AvgIpc) is 3.10. The van der Waals surface area contributed by atoms with Crippen molar-refractivity contribution in [2.45, 2.75) is 11.7 Å². The maximum Gasteiger partial charge on any atom is 0.233 e. The summed E-state index contributed by atoms with van der Waals surface area (Å²) in [5.41, 5.74) is 1.71. The lowest BCUT2D eigenvalue weighted by molar-refractivity contribution is -0.130. The van der Waals surface area contributed by atoms with Gasteiger partial charge < -0.3 is 4.90 Å². The summed E-state index contributed by atoms with van der Waals surface area (Å²) in [5, 5.41) is 10.5. The van der Waals surface area contributed by atoms with E-state index in [0.717, 1.165) is 24.7 Å². The molecule has 1 aliphatic heterocycles. The molecule has 29 heavy (non-hydrogen) atoms. The van der Waals surface area contributed by atoms with Crippen LogP contribution in [-0.2, 0) is 11.3 Å². The molecule has 1 amide bonds. The average molecular weight is 471 g/mol. The van der Waals surface area contributed by atoms with Gasteiger partial charge in [0, 0.05) is 43.9 Å². The molecule has 0 spiro atoms. The first-order chi connectivity index (χ1) is 14.0. The van der Waals surface area contributed by atoms with E-state index < -0.39 is 0 Å². The molecule has 1 aromatic carbocycles. The Balaban J connectivity index is 1.30. The highest BCUT2D eigenvalue weighted by molar-refractivity contribution is 7.99. The third-order valence-electron chi connectivity index (χ3n) is 4.74. The molecule has 0 radical (unpaired) electrons. The molecule has 6 nitrogen and oxygen atoms in total. The highest BCUT2D eigenvalue weighted by Gasteiger charge is 2.22. The quantitative estimate of drug-likeness (QED) is 0.525. The molecule has 3 aromatic rings. The fraction of sp³-hybridized carbons (Fsp3) is 0.316. The molecule has 0 N–H and O–H groups in total. The van der Waals surface area contributed by atoms with Gasteiger partial charge in [0.25, 0.3) is 0 Å². The maximum absolute atomic E-state index is 12.6. The molecule has 0 saturated carbocycles. The van der Waals surface area contributed by atoms with E-state index in [2.05, 4.69) is 21.2 Å². The van der Waals surface area contributed by atoms with Gasteiger partial charge in [-0.2, -0.15) is 0 Å². The standard InChI is InChI=1S/C19H18Cl3N5OS/c20-14-3-1-2-13(8-14)10-25-4-6-26(7-5-25)17(28)12-29-19-24-23-18-16(22)9-15(21)11-27(18)19/h1-3,8-9,11H,4-7,10,12H2. The van der Waals surface area contributed by atoms with Crippen molar-refractivity contribution in [3.63, 3.8) is 0 Å². The molecule has 2 aromatic heterocycles. The summed E-state index contributed by atoms with van der Waals surface area (Å²) in [6.45, 7) is 3.92. The fourth-order valence-corrected chi connectivity index (χ4v) is 4.80. The number of halogens is 3. The van der Waals surface area contributed by atoms with Gasteiger partial charge in [-0.1, -0.05) is 58.7 Å².